The molecular formula is C22H23BBrClN2O5. The second-order valence-corrected chi connectivity index (χ2v) is 9.17. The number of carbonyl (C=O) groups is 3. The van der Waals surface area contributed by atoms with E-state index in [0.717, 1.165) is 0 Å². The minimum atomic E-state index is -0.922. The molecule has 2 N–H and O–H groups in total. The monoisotopic (exact) mass is 520 g/mol. The van der Waals surface area contributed by atoms with E-state index in [1.54, 1.807) is 30.3 Å². The third kappa shape index (κ3) is 6.34. The van der Waals surface area contributed by atoms with Crippen molar-refractivity contribution in [2.45, 2.75) is 32.3 Å². The van der Waals surface area contributed by atoms with Gasteiger partial charge < -0.3 is 19.9 Å². The molecule has 0 bridgehead atoms. The van der Waals surface area contributed by atoms with Crippen molar-refractivity contribution in [2.24, 2.45) is 5.92 Å². The van der Waals surface area contributed by atoms with Crippen LogP contribution in [0.1, 0.15) is 42.3 Å². The van der Waals surface area contributed by atoms with E-state index in [2.05, 4.69) is 26.6 Å². The highest BCUT2D eigenvalue weighted by molar-refractivity contribution is 9.10. The Morgan fingerprint density at radius 3 is 2.59 bits per heavy atom. The molecule has 1 saturated heterocycles. The van der Waals surface area contributed by atoms with Crippen LogP contribution >= 0.6 is 27.5 Å². The fourth-order valence-corrected chi connectivity index (χ4v) is 3.91. The molecule has 1 heterocycles. The maximum absolute atomic E-state index is 12.5. The summed E-state index contributed by atoms with van der Waals surface area (Å²) in [6.07, 6.45) is -0.317. The van der Waals surface area contributed by atoms with Crippen molar-refractivity contribution in [3.05, 3.63) is 69.2 Å². The predicted octanol–water partition coefficient (Wildman–Crippen LogP) is 3.71. The Morgan fingerprint density at radius 2 is 1.91 bits per heavy atom. The third-order valence-electron chi connectivity index (χ3n) is 4.80. The fourth-order valence-electron chi connectivity index (χ4n) is 3.34. The van der Waals surface area contributed by atoms with Crippen molar-refractivity contribution in [3.8, 4) is 0 Å². The average molecular weight is 522 g/mol. The van der Waals surface area contributed by atoms with Crippen LogP contribution in [0.5, 0.6) is 0 Å². The minimum Gasteiger partial charge on any atom is -0.506 e. The highest BCUT2D eigenvalue weighted by Crippen LogP contribution is 2.28. The van der Waals surface area contributed by atoms with Crippen LogP contribution < -0.4 is 10.6 Å². The van der Waals surface area contributed by atoms with E-state index in [9.17, 15) is 14.4 Å². The van der Waals surface area contributed by atoms with Crippen LogP contribution in [0.4, 0.5) is 0 Å². The Hall–Kier alpha value is -2.36. The molecule has 3 rings (SSSR count). The summed E-state index contributed by atoms with van der Waals surface area (Å²) in [4.78, 5) is 37.3. The summed E-state index contributed by atoms with van der Waals surface area (Å²) in [7, 11) is -0.922. The van der Waals surface area contributed by atoms with Gasteiger partial charge in [0.25, 0.3) is 5.91 Å². The normalized spacial score (nSPS) is 16.6. The third-order valence-corrected chi connectivity index (χ3v) is 5.62. The number of carbonyl (C=O) groups excluding carboxylic acids is 3. The highest BCUT2D eigenvalue weighted by atomic mass is 79.9. The Balaban J connectivity index is 1.61. The minimum absolute atomic E-state index is 0.202. The van der Waals surface area contributed by atoms with Crippen molar-refractivity contribution in [1.82, 2.24) is 10.6 Å². The number of hydrogen-bond donors (Lipinski definition) is 2. The van der Waals surface area contributed by atoms with Gasteiger partial charge in [-0.05, 0) is 36.1 Å². The van der Waals surface area contributed by atoms with Gasteiger partial charge >= 0.3 is 13.1 Å². The van der Waals surface area contributed by atoms with Crippen LogP contribution in [0.2, 0.25) is 5.02 Å². The van der Waals surface area contributed by atoms with E-state index >= 15 is 0 Å². The first-order valence-corrected chi connectivity index (χ1v) is 11.3. The van der Waals surface area contributed by atoms with Crippen LogP contribution in [-0.4, -0.2) is 37.4 Å². The van der Waals surface area contributed by atoms with Crippen LogP contribution in [-0.2, 0) is 18.9 Å². The van der Waals surface area contributed by atoms with Gasteiger partial charge in [0.2, 0.25) is 5.91 Å². The molecule has 2 amide bonds. The molecule has 32 heavy (non-hydrogen) atoms. The van der Waals surface area contributed by atoms with E-state index in [0.29, 0.717) is 16.5 Å². The molecule has 0 unspecified atom stereocenters. The SMILES string of the molecule is CC(C)C[C@H](NC(=O)CNC(=O)c1cc(Br)ccc1Cl)B1OC(=O)[C@@H](c2ccccc2)O1. The highest BCUT2D eigenvalue weighted by Gasteiger charge is 2.46. The summed E-state index contributed by atoms with van der Waals surface area (Å²) in [5, 5.41) is 5.65. The van der Waals surface area contributed by atoms with Crippen molar-refractivity contribution >= 4 is 52.4 Å². The molecule has 10 heteroatoms. The van der Waals surface area contributed by atoms with Gasteiger partial charge in [0.15, 0.2) is 6.10 Å². The molecule has 168 valence electrons. The molecule has 0 aliphatic carbocycles. The molecule has 2 atom stereocenters. The zero-order valence-corrected chi connectivity index (χ0v) is 20.0. The Labute approximate surface area is 200 Å². The van der Waals surface area contributed by atoms with E-state index in [4.69, 9.17) is 20.9 Å². The van der Waals surface area contributed by atoms with E-state index in [1.165, 1.54) is 0 Å². The van der Waals surface area contributed by atoms with Gasteiger partial charge in [-0.2, -0.15) is 0 Å². The van der Waals surface area contributed by atoms with Crippen LogP contribution in [0, 0.1) is 5.92 Å². The summed E-state index contributed by atoms with van der Waals surface area (Å²) >= 11 is 9.36. The number of benzene rings is 2. The average Bonchev–Trinajstić information content (AvgIpc) is 3.15. The summed E-state index contributed by atoms with van der Waals surface area (Å²) < 4.78 is 12.0. The van der Waals surface area contributed by atoms with Crippen molar-refractivity contribution in [3.63, 3.8) is 0 Å². The van der Waals surface area contributed by atoms with Crippen LogP contribution in [0.25, 0.3) is 0 Å². The Kier molecular flexibility index (Phi) is 8.34. The van der Waals surface area contributed by atoms with E-state index in [-0.39, 0.29) is 23.0 Å². The van der Waals surface area contributed by atoms with Gasteiger partial charge in [-0.3, -0.25) is 14.4 Å². The molecule has 2 aromatic carbocycles. The lowest BCUT2D eigenvalue weighted by Gasteiger charge is -2.21. The summed E-state index contributed by atoms with van der Waals surface area (Å²) in [6.45, 7) is 3.71. The van der Waals surface area contributed by atoms with Gasteiger partial charge in [0.05, 0.1) is 23.1 Å². The molecule has 0 spiro atoms. The largest absolute Gasteiger partial charge is 0.552 e. The quantitative estimate of drug-likeness (QED) is 0.517. The smallest absolute Gasteiger partial charge is 0.506 e. The molecule has 1 aliphatic rings. The molecule has 0 aromatic heterocycles. The number of halogens is 2. The number of amides is 2. The molecular weight excluding hydrogens is 498 g/mol. The molecule has 1 aliphatic heterocycles. The van der Waals surface area contributed by atoms with Crippen LogP contribution in [0.15, 0.2) is 53.0 Å². The van der Waals surface area contributed by atoms with Gasteiger partial charge in [0.1, 0.15) is 0 Å². The van der Waals surface area contributed by atoms with Gasteiger partial charge in [0, 0.05) is 4.47 Å². The maximum Gasteiger partial charge on any atom is 0.552 e. The maximum atomic E-state index is 12.5. The van der Waals surface area contributed by atoms with Crippen molar-refractivity contribution < 1.29 is 23.7 Å². The van der Waals surface area contributed by atoms with Crippen molar-refractivity contribution in [2.75, 3.05) is 6.54 Å². The van der Waals surface area contributed by atoms with E-state index in [1.807, 2.05) is 32.0 Å². The predicted molar refractivity (Wildman–Crippen MR) is 125 cm³/mol. The zero-order chi connectivity index (χ0) is 23.3. The van der Waals surface area contributed by atoms with E-state index < -0.39 is 36.9 Å². The molecule has 1 fully saturated rings. The molecule has 2 aromatic rings. The lowest BCUT2D eigenvalue weighted by Crippen LogP contribution is -2.50. The number of rotatable bonds is 8. The van der Waals surface area contributed by atoms with Crippen molar-refractivity contribution in [1.29, 1.82) is 0 Å². The number of nitrogens with one attached hydrogen (secondary N) is 2. The standard InChI is InChI=1S/C22H23BBrClN2O5/c1-13(2)10-18(23-31-20(22(30)32-23)14-6-4-3-5-7-14)27-19(28)12-26-21(29)16-11-15(24)8-9-17(16)25/h3-9,11,13,18,20H,10,12H2,1-2H3,(H,26,29)(H,27,28)/t18-,20+/m0/s1. The first-order chi connectivity index (χ1) is 15.2. The molecule has 0 radical (unpaired) electrons. The Morgan fingerprint density at radius 1 is 1.19 bits per heavy atom. The summed E-state index contributed by atoms with van der Waals surface area (Å²) in [5.74, 6) is -1.76. The lowest BCUT2D eigenvalue weighted by molar-refractivity contribution is -0.136. The summed E-state index contributed by atoms with van der Waals surface area (Å²) in [5.41, 5.74) is 0.944. The first-order valence-electron chi connectivity index (χ1n) is 10.2. The van der Waals surface area contributed by atoms with Gasteiger partial charge in [-0.25, -0.2) is 0 Å². The van der Waals surface area contributed by atoms with Gasteiger partial charge in [-0.15, -0.1) is 0 Å². The topological polar surface area (TPSA) is 93.7 Å². The first kappa shape index (κ1) is 24.3. The second kappa shape index (κ2) is 11.0. The molecule has 7 nitrogen and oxygen atoms in total. The second-order valence-electron chi connectivity index (χ2n) is 7.84. The summed E-state index contributed by atoms with van der Waals surface area (Å²) in [6, 6.07) is 13.9. The molecule has 0 saturated carbocycles. The van der Waals surface area contributed by atoms with Gasteiger partial charge in [-0.1, -0.05) is 71.7 Å². The lowest BCUT2D eigenvalue weighted by atomic mass is 9.74. The fraction of sp³-hybridized carbons (Fsp3) is 0.318. The zero-order valence-electron chi connectivity index (χ0n) is 17.6. The van der Waals surface area contributed by atoms with Crippen LogP contribution in [0.3, 0.4) is 0 Å². The number of hydrogen-bond acceptors (Lipinski definition) is 5. The Bertz CT molecular complexity index is 992.